The van der Waals surface area contributed by atoms with Crippen LogP contribution >= 0.6 is 22.7 Å². The Bertz CT molecular complexity index is 1580. The lowest BCUT2D eigenvalue weighted by Crippen LogP contribution is -2.16. The van der Waals surface area contributed by atoms with Gasteiger partial charge >= 0.3 is 0 Å². The molecule has 0 spiro atoms. The number of nitrogens with zero attached hydrogens (tertiary/aromatic N) is 2. The first kappa shape index (κ1) is 30.4. The molecule has 0 unspecified atom stereocenters. The molecule has 2 aliphatic heterocycles. The van der Waals surface area contributed by atoms with Crippen LogP contribution in [0.2, 0.25) is 0 Å². The maximum atomic E-state index is 6.04. The number of pyridine rings is 2. The van der Waals surface area contributed by atoms with Crippen molar-refractivity contribution in [1.82, 2.24) is 9.97 Å². The fraction of sp³-hybridized carbons (Fsp3) is 0.389. The van der Waals surface area contributed by atoms with Gasteiger partial charge in [0, 0.05) is 12.4 Å². The van der Waals surface area contributed by atoms with Crippen molar-refractivity contribution in [2.75, 3.05) is 26.4 Å². The van der Waals surface area contributed by atoms with Gasteiger partial charge in [-0.1, -0.05) is 53.7 Å². The van der Waals surface area contributed by atoms with Crippen molar-refractivity contribution in [3.63, 3.8) is 0 Å². The van der Waals surface area contributed by atoms with Gasteiger partial charge in [0.2, 0.25) is 0 Å². The molecule has 6 rings (SSSR count). The van der Waals surface area contributed by atoms with Gasteiger partial charge in [-0.05, 0) is 71.2 Å². The van der Waals surface area contributed by atoms with Crippen molar-refractivity contribution in [1.29, 1.82) is 0 Å². The summed E-state index contributed by atoms with van der Waals surface area (Å²) in [6, 6.07) is 8.15. The van der Waals surface area contributed by atoms with Gasteiger partial charge in [-0.15, -0.1) is 22.7 Å². The van der Waals surface area contributed by atoms with E-state index in [0.29, 0.717) is 26.4 Å². The van der Waals surface area contributed by atoms with Gasteiger partial charge in [-0.2, -0.15) is 0 Å². The summed E-state index contributed by atoms with van der Waals surface area (Å²) < 4.78 is 24.2. The Hall–Kier alpha value is -3.62. The zero-order valence-electron chi connectivity index (χ0n) is 26.4. The van der Waals surface area contributed by atoms with Crippen molar-refractivity contribution in [2.24, 2.45) is 10.8 Å². The second kappa shape index (κ2) is 12.4. The molecule has 2 aliphatic rings. The van der Waals surface area contributed by atoms with Gasteiger partial charge in [-0.3, -0.25) is 9.97 Å². The first-order valence-corrected chi connectivity index (χ1v) is 16.8. The van der Waals surface area contributed by atoms with Gasteiger partial charge < -0.3 is 18.9 Å². The molecular weight excluding hydrogens is 589 g/mol. The highest BCUT2D eigenvalue weighted by Gasteiger charge is 2.27. The van der Waals surface area contributed by atoms with E-state index in [-0.39, 0.29) is 10.8 Å². The van der Waals surface area contributed by atoms with E-state index in [1.807, 2.05) is 24.5 Å². The molecule has 0 N–H and O–H groups in total. The third kappa shape index (κ3) is 7.19. The van der Waals surface area contributed by atoms with Crippen molar-refractivity contribution < 1.29 is 18.9 Å². The van der Waals surface area contributed by atoms with E-state index in [4.69, 9.17) is 18.9 Å². The molecule has 230 valence electrons. The quantitative estimate of drug-likeness (QED) is 0.203. The third-order valence-electron chi connectivity index (χ3n) is 7.05. The predicted octanol–water partition coefficient (Wildman–Crippen LogP) is 9.33. The Morgan fingerprint density at radius 2 is 0.977 bits per heavy atom. The minimum atomic E-state index is 0.164. The van der Waals surface area contributed by atoms with E-state index in [9.17, 15) is 0 Å². The molecule has 0 bridgehead atoms. The first-order chi connectivity index (χ1) is 21.0. The Morgan fingerprint density at radius 3 is 1.36 bits per heavy atom. The summed E-state index contributed by atoms with van der Waals surface area (Å²) in [5.74, 6) is 3.55. The maximum Gasteiger partial charge on any atom is 0.179 e. The van der Waals surface area contributed by atoms with Crippen molar-refractivity contribution in [3.05, 3.63) is 67.3 Å². The van der Waals surface area contributed by atoms with Crippen LogP contribution in [0.25, 0.3) is 35.7 Å². The average Bonchev–Trinajstić information content (AvgIpc) is 3.51. The van der Waals surface area contributed by atoms with Crippen LogP contribution in [0.3, 0.4) is 0 Å². The molecule has 0 amide bonds. The van der Waals surface area contributed by atoms with Crippen LogP contribution in [-0.2, 0) is 12.8 Å². The van der Waals surface area contributed by atoms with Crippen LogP contribution in [0.1, 0.15) is 72.2 Å². The molecule has 0 fully saturated rings. The molecule has 0 saturated carbocycles. The summed E-state index contributed by atoms with van der Waals surface area (Å²) in [4.78, 5) is 13.9. The molecule has 4 aromatic heterocycles. The number of aromatic nitrogens is 2. The predicted molar refractivity (Wildman–Crippen MR) is 182 cm³/mol. The summed E-state index contributed by atoms with van der Waals surface area (Å²) in [6.07, 6.45) is 14.0. The highest BCUT2D eigenvalue weighted by atomic mass is 32.1. The minimum absolute atomic E-state index is 0.164. The Kier molecular flexibility index (Phi) is 8.57. The second-order valence-corrected chi connectivity index (χ2v) is 15.9. The standard InChI is InChI=1S/C36H40N2O4S2/c1-35(2,3)21-29-33-31(39-15-17-41-33)27(43-29)9-7-23-11-13-37-25(19-23)26-20-24(12-14-38-26)8-10-28-32-34(42-18-16-40-32)30(44-28)22-36(4,5)6/h7-14,19-20H,15-18,21-22H2,1-6H3. The SMILES string of the molecule is CC(C)(C)Cc1sc(C=Cc2ccnc(-c3cc(C=Cc4sc(CC(C)(C)C)c5c4OCCO5)ccn3)c2)c2c1OCCO2. The third-order valence-corrected chi connectivity index (χ3v) is 9.29. The molecule has 0 atom stereocenters. The molecule has 6 heterocycles. The zero-order valence-corrected chi connectivity index (χ0v) is 28.0. The van der Waals surface area contributed by atoms with Gasteiger partial charge in [0.15, 0.2) is 23.0 Å². The monoisotopic (exact) mass is 628 g/mol. The van der Waals surface area contributed by atoms with Crippen molar-refractivity contribution in [2.45, 2.75) is 54.4 Å². The van der Waals surface area contributed by atoms with E-state index in [0.717, 1.165) is 68.1 Å². The lowest BCUT2D eigenvalue weighted by Gasteiger charge is -2.20. The molecule has 0 aromatic carbocycles. The minimum Gasteiger partial charge on any atom is -0.485 e. The van der Waals surface area contributed by atoms with Crippen LogP contribution in [0.5, 0.6) is 23.0 Å². The van der Waals surface area contributed by atoms with Crippen LogP contribution in [-0.4, -0.2) is 36.4 Å². The van der Waals surface area contributed by atoms with E-state index >= 15 is 0 Å². The molecule has 4 aromatic rings. The molecule has 0 aliphatic carbocycles. The molecule has 8 heteroatoms. The van der Waals surface area contributed by atoms with E-state index < -0.39 is 0 Å². The average molecular weight is 629 g/mol. The zero-order chi connectivity index (χ0) is 30.9. The van der Waals surface area contributed by atoms with Gasteiger partial charge in [0.05, 0.1) is 30.9 Å². The fourth-order valence-electron chi connectivity index (χ4n) is 5.21. The van der Waals surface area contributed by atoms with Crippen LogP contribution in [0.4, 0.5) is 0 Å². The summed E-state index contributed by atoms with van der Waals surface area (Å²) in [5.41, 5.74) is 4.06. The van der Waals surface area contributed by atoms with E-state index in [2.05, 4.69) is 87.9 Å². The molecular formula is C36H40N2O4S2. The highest BCUT2D eigenvalue weighted by molar-refractivity contribution is 7.14. The van der Waals surface area contributed by atoms with Crippen LogP contribution in [0.15, 0.2) is 36.7 Å². The summed E-state index contributed by atoms with van der Waals surface area (Å²) in [7, 11) is 0. The number of hydrogen-bond acceptors (Lipinski definition) is 8. The molecule has 44 heavy (non-hydrogen) atoms. The molecule has 0 radical (unpaired) electrons. The number of ether oxygens (including phenoxy) is 4. The number of fused-ring (bicyclic) bond motifs is 2. The topological polar surface area (TPSA) is 62.7 Å². The Labute approximate surface area is 268 Å². The van der Waals surface area contributed by atoms with E-state index in [1.165, 1.54) is 9.75 Å². The number of rotatable bonds is 7. The summed E-state index contributed by atoms with van der Waals surface area (Å²) >= 11 is 3.50. The van der Waals surface area contributed by atoms with Crippen LogP contribution < -0.4 is 18.9 Å². The maximum absolute atomic E-state index is 6.04. The van der Waals surface area contributed by atoms with E-state index in [1.54, 1.807) is 22.7 Å². The largest absolute Gasteiger partial charge is 0.485 e. The normalized spacial score (nSPS) is 15.0. The number of hydrogen-bond donors (Lipinski definition) is 0. The van der Waals surface area contributed by atoms with Gasteiger partial charge in [-0.25, -0.2) is 0 Å². The van der Waals surface area contributed by atoms with Gasteiger partial charge in [0.1, 0.15) is 26.4 Å². The second-order valence-electron chi connectivity index (χ2n) is 13.6. The first-order valence-electron chi connectivity index (χ1n) is 15.1. The smallest absolute Gasteiger partial charge is 0.179 e. The summed E-state index contributed by atoms with van der Waals surface area (Å²) in [5, 5.41) is 0. The van der Waals surface area contributed by atoms with Crippen molar-refractivity contribution in [3.8, 4) is 34.4 Å². The van der Waals surface area contributed by atoms with Crippen molar-refractivity contribution >= 4 is 47.0 Å². The lowest BCUT2D eigenvalue weighted by atomic mass is 9.91. The Morgan fingerprint density at radius 1 is 0.591 bits per heavy atom. The lowest BCUT2D eigenvalue weighted by molar-refractivity contribution is 0.171. The molecule has 0 saturated heterocycles. The summed E-state index contributed by atoms with van der Waals surface area (Å²) in [6.45, 7) is 15.8. The Balaban J connectivity index is 1.22. The number of thiophene rings is 2. The van der Waals surface area contributed by atoms with Crippen LogP contribution in [0, 0.1) is 10.8 Å². The van der Waals surface area contributed by atoms with Gasteiger partial charge in [0.25, 0.3) is 0 Å². The highest BCUT2D eigenvalue weighted by Crippen LogP contribution is 2.48. The fourth-order valence-corrected chi connectivity index (χ4v) is 8.00. The molecule has 6 nitrogen and oxygen atoms in total.